The Balaban J connectivity index is 1.43. The molecule has 0 amide bonds. The van der Waals surface area contributed by atoms with Gasteiger partial charge >= 0.3 is 5.97 Å². The van der Waals surface area contributed by atoms with Crippen molar-refractivity contribution < 1.29 is 9.90 Å². The van der Waals surface area contributed by atoms with E-state index in [2.05, 4.69) is 20.3 Å². The van der Waals surface area contributed by atoms with Crippen LogP contribution in [-0.2, 0) is 4.79 Å². The van der Waals surface area contributed by atoms with E-state index in [9.17, 15) is 9.90 Å². The highest BCUT2D eigenvalue weighted by Gasteiger charge is 2.82. The zero-order valence-electron chi connectivity index (χ0n) is 13.3. The number of carbonyl (C=O) groups is 1. The van der Waals surface area contributed by atoms with E-state index >= 15 is 0 Å². The van der Waals surface area contributed by atoms with Crippen molar-refractivity contribution in [2.24, 2.45) is 23.2 Å². The molecule has 122 valence electrons. The Morgan fingerprint density at radius 3 is 2.79 bits per heavy atom. The van der Waals surface area contributed by atoms with E-state index < -0.39 is 11.4 Å². The molecule has 2 N–H and O–H groups in total. The van der Waals surface area contributed by atoms with Gasteiger partial charge in [-0.15, -0.1) is 0 Å². The summed E-state index contributed by atoms with van der Waals surface area (Å²) in [5, 5.41) is 13.1. The van der Waals surface area contributed by atoms with Gasteiger partial charge in [0.15, 0.2) is 0 Å². The Morgan fingerprint density at radius 2 is 2.12 bits per heavy atom. The maximum Gasteiger partial charge on any atom is 0.310 e. The molecule has 5 atom stereocenters. The van der Waals surface area contributed by atoms with Gasteiger partial charge in [-0.25, -0.2) is 9.97 Å². The molecule has 2 heterocycles. The lowest BCUT2D eigenvalue weighted by Gasteiger charge is -2.18. The molecule has 2 aromatic rings. The van der Waals surface area contributed by atoms with Crippen LogP contribution >= 0.6 is 0 Å². The van der Waals surface area contributed by atoms with Gasteiger partial charge < -0.3 is 10.4 Å². The fraction of sp³-hybridized carbons (Fsp3) is 0.444. The highest BCUT2D eigenvalue weighted by molar-refractivity contribution is 5.82. The zero-order chi connectivity index (χ0) is 16.5. The Bertz CT molecular complexity index is 840. The normalized spacial score (nSPS) is 35.0. The van der Waals surface area contributed by atoms with Crippen LogP contribution in [-0.4, -0.2) is 32.1 Å². The minimum Gasteiger partial charge on any atom is -0.481 e. The van der Waals surface area contributed by atoms with E-state index in [1.54, 1.807) is 12.4 Å². The van der Waals surface area contributed by atoms with Crippen LogP contribution < -0.4 is 5.32 Å². The van der Waals surface area contributed by atoms with Crippen molar-refractivity contribution in [3.8, 4) is 11.3 Å². The average Bonchev–Trinajstić information content (AvgIpc) is 2.89. The summed E-state index contributed by atoms with van der Waals surface area (Å²) < 4.78 is 0. The molecule has 4 bridgehead atoms. The number of aryl methyl sites for hydroxylation is 1. The predicted octanol–water partition coefficient (Wildman–Crippen LogP) is 2.37. The maximum absolute atomic E-state index is 11.6. The molecule has 6 heteroatoms. The molecule has 0 aromatic carbocycles. The number of carboxylic acids is 1. The number of carboxylic acid groups (broad SMARTS) is 1. The number of anilines is 1. The van der Waals surface area contributed by atoms with Gasteiger partial charge in [0.05, 0.1) is 11.1 Å². The van der Waals surface area contributed by atoms with Crippen molar-refractivity contribution in [1.29, 1.82) is 0 Å². The second kappa shape index (κ2) is 4.53. The Labute approximate surface area is 139 Å². The van der Waals surface area contributed by atoms with E-state index in [-0.39, 0.29) is 12.0 Å². The van der Waals surface area contributed by atoms with E-state index in [0.717, 1.165) is 29.9 Å². The molecule has 4 saturated carbocycles. The first-order valence-electron chi connectivity index (χ1n) is 8.35. The average molecular weight is 322 g/mol. The minimum atomic E-state index is -0.611. The summed E-state index contributed by atoms with van der Waals surface area (Å²) in [5.74, 6) is 1.96. The molecule has 5 unspecified atom stereocenters. The molecular formula is C18H18N4O2. The third kappa shape index (κ3) is 1.71. The van der Waals surface area contributed by atoms with Crippen LogP contribution in [0.3, 0.4) is 0 Å². The Hall–Kier alpha value is -2.50. The SMILES string of the molecule is Cc1nc(NC2C3CC4C2C4(C(=O)O)C3)cc(-c2ccncc2)n1. The van der Waals surface area contributed by atoms with Crippen LogP contribution in [0.2, 0.25) is 0 Å². The van der Waals surface area contributed by atoms with Crippen molar-refractivity contribution in [1.82, 2.24) is 15.0 Å². The van der Waals surface area contributed by atoms with Gasteiger partial charge in [-0.1, -0.05) is 0 Å². The molecule has 0 aliphatic heterocycles. The van der Waals surface area contributed by atoms with E-state index in [4.69, 9.17) is 0 Å². The summed E-state index contributed by atoms with van der Waals surface area (Å²) in [4.78, 5) is 24.7. The summed E-state index contributed by atoms with van der Waals surface area (Å²) in [5.41, 5.74) is 1.41. The summed E-state index contributed by atoms with van der Waals surface area (Å²) >= 11 is 0. The van der Waals surface area contributed by atoms with Gasteiger partial charge in [0, 0.05) is 30.1 Å². The predicted molar refractivity (Wildman–Crippen MR) is 87.2 cm³/mol. The monoisotopic (exact) mass is 322 g/mol. The smallest absolute Gasteiger partial charge is 0.310 e. The number of pyridine rings is 1. The molecule has 4 aliphatic rings. The topological polar surface area (TPSA) is 88.0 Å². The summed E-state index contributed by atoms with van der Waals surface area (Å²) in [6.45, 7) is 1.88. The molecule has 0 spiro atoms. The van der Waals surface area contributed by atoms with Gasteiger partial charge in [-0.05, 0) is 49.7 Å². The van der Waals surface area contributed by atoms with Crippen molar-refractivity contribution in [3.05, 3.63) is 36.4 Å². The van der Waals surface area contributed by atoms with Crippen LogP contribution in [0.25, 0.3) is 11.3 Å². The quantitative estimate of drug-likeness (QED) is 0.898. The maximum atomic E-state index is 11.6. The molecule has 6 nitrogen and oxygen atoms in total. The number of hydrogen-bond acceptors (Lipinski definition) is 5. The molecule has 6 rings (SSSR count). The summed E-state index contributed by atoms with van der Waals surface area (Å²) in [6, 6.07) is 6.02. The van der Waals surface area contributed by atoms with E-state index in [1.165, 1.54) is 0 Å². The van der Waals surface area contributed by atoms with Gasteiger partial charge in [0.1, 0.15) is 11.6 Å². The highest BCUT2D eigenvalue weighted by atomic mass is 16.4. The Kier molecular flexibility index (Phi) is 2.62. The first-order chi connectivity index (χ1) is 11.6. The van der Waals surface area contributed by atoms with Crippen LogP contribution in [0.15, 0.2) is 30.6 Å². The first kappa shape index (κ1) is 13.9. The van der Waals surface area contributed by atoms with Crippen molar-refractivity contribution in [3.63, 3.8) is 0 Å². The molecule has 0 radical (unpaired) electrons. The number of nitrogens with one attached hydrogen (secondary N) is 1. The lowest BCUT2D eigenvalue weighted by atomic mass is 10.1. The van der Waals surface area contributed by atoms with Gasteiger partial charge in [-0.2, -0.15) is 0 Å². The molecule has 2 aromatic heterocycles. The van der Waals surface area contributed by atoms with Crippen molar-refractivity contribution in [2.45, 2.75) is 25.8 Å². The zero-order valence-corrected chi connectivity index (χ0v) is 13.3. The third-order valence-electron chi connectivity index (χ3n) is 6.16. The molecule has 4 fully saturated rings. The highest BCUT2D eigenvalue weighted by Crippen LogP contribution is 2.79. The number of hydrogen-bond donors (Lipinski definition) is 2. The number of aromatic nitrogens is 3. The third-order valence-corrected chi connectivity index (χ3v) is 6.16. The van der Waals surface area contributed by atoms with Crippen molar-refractivity contribution >= 4 is 11.8 Å². The lowest BCUT2D eigenvalue weighted by molar-refractivity contribution is -0.143. The van der Waals surface area contributed by atoms with E-state index in [0.29, 0.717) is 17.7 Å². The fourth-order valence-corrected chi connectivity index (χ4v) is 5.25. The number of aliphatic carboxylic acids is 1. The standard InChI is InChI=1S/C18H18N4O2/c1-9-20-13(10-2-4-19-5-3-10)7-14(21-9)22-16-11-6-12-15(16)18(12,8-11)17(23)24/h2-5,7,11-12,15-16H,6,8H2,1H3,(H,23,24)(H,20,21,22). The molecule has 4 aliphatic carbocycles. The summed E-state index contributed by atoms with van der Waals surface area (Å²) in [7, 11) is 0. The molecular weight excluding hydrogens is 304 g/mol. The fourth-order valence-electron chi connectivity index (χ4n) is 5.25. The number of nitrogens with zero attached hydrogens (tertiary/aromatic N) is 3. The lowest BCUT2D eigenvalue weighted by Crippen LogP contribution is -2.25. The second-order valence-electron chi connectivity index (χ2n) is 7.27. The van der Waals surface area contributed by atoms with Gasteiger partial charge in [-0.3, -0.25) is 9.78 Å². The van der Waals surface area contributed by atoms with Gasteiger partial charge in [0.2, 0.25) is 0 Å². The van der Waals surface area contributed by atoms with E-state index in [1.807, 2.05) is 25.1 Å². The second-order valence-corrected chi connectivity index (χ2v) is 7.27. The minimum absolute atomic E-state index is 0.227. The van der Waals surface area contributed by atoms with Crippen molar-refractivity contribution in [2.75, 3.05) is 5.32 Å². The van der Waals surface area contributed by atoms with Crippen LogP contribution in [0.1, 0.15) is 18.7 Å². The van der Waals surface area contributed by atoms with Crippen LogP contribution in [0, 0.1) is 30.1 Å². The van der Waals surface area contributed by atoms with Crippen LogP contribution in [0.5, 0.6) is 0 Å². The molecule has 24 heavy (non-hydrogen) atoms. The van der Waals surface area contributed by atoms with Crippen LogP contribution in [0.4, 0.5) is 5.82 Å². The largest absolute Gasteiger partial charge is 0.481 e. The molecule has 0 saturated heterocycles. The first-order valence-corrected chi connectivity index (χ1v) is 8.35. The summed E-state index contributed by atoms with van der Waals surface area (Å²) in [6.07, 6.45) is 5.35. The van der Waals surface area contributed by atoms with Gasteiger partial charge in [0.25, 0.3) is 0 Å². The Morgan fingerprint density at radius 1 is 1.33 bits per heavy atom. The number of rotatable bonds is 4.